The summed E-state index contributed by atoms with van der Waals surface area (Å²) in [6.45, 7) is 5.74. The summed E-state index contributed by atoms with van der Waals surface area (Å²) >= 11 is 0. The Balaban J connectivity index is 1.11. The molecular formula is C30H33N3O2. The Morgan fingerprint density at radius 1 is 0.686 bits per heavy atom. The molecule has 0 bridgehead atoms. The van der Waals surface area contributed by atoms with Crippen LogP contribution < -0.4 is 4.74 Å². The minimum Gasteiger partial charge on any atom is -0.475 e. The van der Waals surface area contributed by atoms with Gasteiger partial charge < -0.3 is 9.84 Å². The Morgan fingerprint density at radius 2 is 1.26 bits per heavy atom. The minimum absolute atomic E-state index is 0.246. The number of aliphatic hydroxyl groups excluding tert-OH is 1. The second-order valence-electron chi connectivity index (χ2n) is 9.28. The zero-order chi connectivity index (χ0) is 23.9. The fraction of sp³-hybridized carbons (Fsp3) is 0.300. The summed E-state index contributed by atoms with van der Waals surface area (Å²) in [7, 11) is 0. The highest BCUT2D eigenvalue weighted by Gasteiger charge is 2.23. The van der Waals surface area contributed by atoms with Crippen LogP contribution in [0.25, 0.3) is 10.9 Å². The number of benzene rings is 3. The van der Waals surface area contributed by atoms with Gasteiger partial charge >= 0.3 is 0 Å². The van der Waals surface area contributed by atoms with Gasteiger partial charge in [0.2, 0.25) is 5.88 Å². The number of piperazine rings is 1. The molecule has 0 aliphatic carbocycles. The van der Waals surface area contributed by atoms with Crippen LogP contribution in [0.1, 0.15) is 17.0 Å². The second kappa shape index (κ2) is 11.5. The van der Waals surface area contributed by atoms with Gasteiger partial charge in [-0.2, -0.15) is 0 Å². The summed E-state index contributed by atoms with van der Waals surface area (Å²) in [6, 6.07) is 33.4. The molecule has 1 aliphatic rings. The maximum absolute atomic E-state index is 10.6. The number of ether oxygens (including phenoxy) is 1. The number of para-hydroxylation sites is 1. The Bertz CT molecular complexity index is 1150. The predicted molar refractivity (Wildman–Crippen MR) is 141 cm³/mol. The Morgan fingerprint density at radius 3 is 1.91 bits per heavy atom. The molecule has 1 unspecified atom stereocenters. The van der Waals surface area contributed by atoms with Gasteiger partial charge in [0, 0.05) is 56.6 Å². The number of aromatic nitrogens is 1. The lowest BCUT2D eigenvalue weighted by Gasteiger charge is -2.37. The smallest absolute Gasteiger partial charge is 0.213 e. The molecule has 3 aromatic carbocycles. The SMILES string of the molecule is OC(COc1ccc2ccccc2n1)CN1CCN(CC(c2ccccc2)c2ccccc2)CC1. The normalized spacial score (nSPS) is 15.9. The summed E-state index contributed by atoms with van der Waals surface area (Å²) in [5, 5.41) is 11.7. The highest BCUT2D eigenvalue weighted by molar-refractivity contribution is 5.78. The van der Waals surface area contributed by atoms with Crippen LogP contribution in [-0.2, 0) is 0 Å². The van der Waals surface area contributed by atoms with Crippen LogP contribution in [0.4, 0.5) is 0 Å². The van der Waals surface area contributed by atoms with Crippen LogP contribution in [-0.4, -0.2) is 71.9 Å². The van der Waals surface area contributed by atoms with Gasteiger partial charge in [0.1, 0.15) is 12.7 Å². The van der Waals surface area contributed by atoms with Crippen LogP contribution in [0.15, 0.2) is 97.1 Å². The molecule has 0 saturated carbocycles. The van der Waals surface area contributed by atoms with E-state index in [2.05, 4.69) is 75.4 Å². The molecular weight excluding hydrogens is 434 g/mol. The topological polar surface area (TPSA) is 48.8 Å². The van der Waals surface area contributed by atoms with Crippen molar-refractivity contribution in [3.63, 3.8) is 0 Å². The molecule has 0 radical (unpaired) electrons. The van der Waals surface area contributed by atoms with Crippen molar-refractivity contribution in [3.8, 4) is 5.88 Å². The third-order valence-corrected chi connectivity index (χ3v) is 6.77. The maximum Gasteiger partial charge on any atom is 0.213 e. The molecule has 180 valence electrons. The van der Waals surface area contributed by atoms with Crippen LogP contribution in [0.3, 0.4) is 0 Å². The molecule has 5 rings (SSSR count). The van der Waals surface area contributed by atoms with Crippen molar-refractivity contribution in [2.24, 2.45) is 0 Å². The molecule has 1 aromatic heterocycles. The zero-order valence-corrected chi connectivity index (χ0v) is 20.0. The van der Waals surface area contributed by atoms with Gasteiger partial charge in [-0.3, -0.25) is 9.80 Å². The summed E-state index contributed by atoms with van der Waals surface area (Å²) in [5.74, 6) is 0.915. The van der Waals surface area contributed by atoms with Gasteiger partial charge in [0.25, 0.3) is 0 Å². The molecule has 1 saturated heterocycles. The van der Waals surface area contributed by atoms with E-state index >= 15 is 0 Å². The molecule has 0 amide bonds. The van der Waals surface area contributed by atoms with Gasteiger partial charge in [-0.1, -0.05) is 78.9 Å². The van der Waals surface area contributed by atoms with Crippen molar-refractivity contribution in [3.05, 3.63) is 108 Å². The second-order valence-corrected chi connectivity index (χ2v) is 9.28. The van der Waals surface area contributed by atoms with Crippen LogP contribution in [0.2, 0.25) is 0 Å². The van der Waals surface area contributed by atoms with Gasteiger partial charge in [-0.05, 0) is 23.3 Å². The van der Waals surface area contributed by atoms with E-state index in [4.69, 9.17) is 4.74 Å². The van der Waals surface area contributed by atoms with E-state index in [1.165, 1.54) is 11.1 Å². The lowest BCUT2D eigenvalue weighted by Crippen LogP contribution is -2.50. The largest absolute Gasteiger partial charge is 0.475 e. The third-order valence-electron chi connectivity index (χ3n) is 6.77. The van der Waals surface area contributed by atoms with E-state index in [1.807, 2.05) is 36.4 Å². The van der Waals surface area contributed by atoms with Crippen molar-refractivity contribution in [1.82, 2.24) is 14.8 Å². The number of nitrogens with zero attached hydrogens (tertiary/aromatic N) is 3. The van der Waals surface area contributed by atoms with Gasteiger partial charge in [0.05, 0.1) is 5.52 Å². The lowest BCUT2D eigenvalue weighted by molar-refractivity contribution is 0.0445. The Hall–Kier alpha value is -3.25. The van der Waals surface area contributed by atoms with E-state index in [0.717, 1.165) is 43.6 Å². The highest BCUT2D eigenvalue weighted by Crippen LogP contribution is 2.26. The minimum atomic E-state index is -0.545. The van der Waals surface area contributed by atoms with Crippen molar-refractivity contribution >= 4 is 10.9 Å². The molecule has 5 heteroatoms. The van der Waals surface area contributed by atoms with Crippen molar-refractivity contribution in [2.45, 2.75) is 12.0 Å². The summed E-state index contributed by atoms with van der Waals surface area (Å²) in [6.07, 6.45) is -0.545. The monoisotopic (exact) mass is 467 g/mol. The number of pyridine rings is 1. The molecule has 2 heterocycles. The molecule has 1 fully saturated rings. The first-order chi connectivity index (χ1) is 17.2. The van der Waals surface area contributed by atoms with Gasteiger partial charge in [-0.25, -0.2) is 4.98 Å². The molecule has 1 atom stereocenters. The molecule has 1 aliphatic heterocycles. The van der Waals surface area contributed by atoms with Crippen molar-refractivity contribution < 1.29 is 9.84 Å². The number of β-amino-alcohol motifs (C(OH)–C–C–N with tert-alkyl or cyclic N) is 1. The fourth-order valence-corrected chi connectivity index (χ4v) is 4.85. The zero-order valence-electron chi connectivity index (χ0n) is 20.0. The highest BCUT2D eigenvalue weighted by atomic mass is 16.5. The summed E-state index contributed by atoms with van der Waals surface area (Å²) in [5.41, 5.74) is 3.62. The first-order valence-electron chi connectivity index (χ1n) is 12.5. The average molecular weight is 468 g/mol. The van der Waals surface area contributed by atoms with Gasteiger partial charge in [0.15, 0.2) is 0 Å². The quantitative estimate of drug-likeness (QED) is 0.395. The molecule has 4 aromatic rings. The molecule has 0 spiro atoms. The molecule has 35 heavy (non-hydrogen) atoms. The van der Waals surface area contributed by atoms with Crippen molar-refractivity contribution in [2.75, 3.05) is 45.9 Å². The number of rotatable bonds is 9. The lowest BCUT2D eigenvalue weighted by atomic mass is 9.90. The van der Waals surface area contributed by atoms with Crippen LogP contribution in [0.5, 0.6) is 5.88 Å². The number of fused-ring (bicyclic) bond motifs is 1. The van der Waals surface area contributed by atoms with Crippen LogP contribution >= 0.6 is 0 Å². The first kappa shape index (κ1) is 23.5. The van der Waals surface area contributed by atoms with E-state index in [9.17, 15) is 5.11 Å². The number of hydrogen-bond acceptors (Lipinski definition) is 5. The number of hydrogen-bond donors (Lipinski definition) is 1. The van der Waals surface area contributed by atoms with E-state index < -0.39 is 6.10 Å². The molecule has 5 nitrogen and oxygen atoms in total. The number of aliphatic hydroxyl groups is 1. The maximum atomic E-state index is 10.6. The standard InChI is InChI=1S/C30H33N3O2/c34-27(23-35-30-16-15-26-13-7-8-14-29(26)31-30)21-32-17-19-33(20-18-32)22-28(24-9-3-1-4-10-24)25-11-5-2-6-12-25/h1-16,27-28,34H,17-23H2. The summed E-state index contributed by atoms with van der Waals surface area (Å²) < 4.78 is 5.79. The van der Waals surface area contributed by atoms with E-state index in [-0.39, 0.29) is 6.61 Å². The third kappa shape index (κ3) is 6.25. The van der Waals surface area contributed by atoms with E-state index in [0.29, 0.717) is 18.3 Å². The Labute approximate surface area is 207 Å². The fourth-order valence-electron chi connectivity index (χ4n) is 4.85. The average Bonchev–Trinajstić information content (AvgIpc) is 2.92. The predicted octanol–water partition coefficient (Wildman–Crippen LogP) is 4.42. The Kier molecular flexibility index (Phi) is 7.69. The first-order valence-corrected chi connectivity index (χ1v) is 12.5. The summed E-state index contributed by atoms with van der Waals surface area (Å²) in [4.78, 5) is 9.40. The van der Waals surface area contributed by atoms with E-state index in [1.54, 1.807) is 0 Å². The van der Waals surface area contributed by atoms with Crippen molar-refractivity contribution in [1.29, 1.82) is 0 Å². The van der Waals surface area contributed by atoms with Crippen LogP contribution in [0, 0.1) is 0 Å². The molecule has 1 N–H and O–H groups in total. The van der Waals surface area contributed by atoms with Gasteiger partial charge in [-0.15, -0.1) is 0 Å².